The lowest BCUT2D eigenvalue weighted by molar-refractivity contribution is -0.192. The van der Waals surface area contributed by atoms with Gasteiger partial charge in [0.1, 0.15) is 6.10 Å². The van der Waals surface area contributed by atoms with Crippen LogP contribution in [-0.4, -0.2) is 47.9 Å². The molecule has 2 aromatic rings. The fourth-order valence-electron chi connectivity index (χ4n) is 3.46. The van der Waals surface area contributed by atoms with E-state index < -0.39 is 12.1 Å². The van der Waals surface area contributed by atoms with Crippen LogP contribution in [0.15, 0.2) is 42.5 Å². The van der Waals surface area contributed by atoms with Gasteiger partial charge in [-0.25, -0.2) is 9.59 Å². The summed E-state index contributed by atoms with van der Waals surface area (Å²) in [5.41, 5.74) is 4.84. The third kappa shape index (κ3) is 7.08. The van der Waals surface area contributed by atoms with Gasteiger partial charge in [0, 0.05) is 31.2 Å². The second-order valence-electron chi connectivity index (χ2n) is 7.53. The topological polar surface area (TPSA) is 90.9 Å². The van der Waals surface area contributed by atoms with Gasteiger partial charge in [0.2, 0.25) is 0 Å². The van der Waals surface area contributed by atoms with E-state index in [9.17, 15) is 18.0 Å². The number of halogens is 4. The number of amides is 2. The summed E-state index contributed by atoms with van der Waals surface area (Å²) in [6.07, 6.45) is -5.20. The van der Waals surface area contributed by atoms with Crippen LogP contribution in [-0.2, 0) is 29.2 Å². The molecule has 11 heteroatoms. The molecule has 1 saturated heterocycles. The quantitative estimate of drug-likeness (QED) is 0.614. The molecule has 2 aliphatic rings. The summed E-state index contributed by atoms with van der Waals surface area (Å²) in [6.45, 7) is 4.05. The van der Waals surface area contributed by atoms with Crippen molar-refractivity contribution in [1.82, 2.24) is 15.5 Å². The van der Waals surface area contributed by atoms with Crippen molar-refractivity contribution in [3.63, 3.8) is 0 Å². The number of hydrogen-bond donors (Lipinski definition) is 3. The number of carboxylic acids is 1. The number of benzene rings is 2. The zero-order valence-corrected chi connectivity index (χ0v) is 18.2. The van der Waals surface area contributed by atoms with E-state index in [2.05, 4.69) is 28.8 Å². The molecule has 33 heavy (non-hydrogen) atoms. The molecule has 7 nitrogen and oxygen atoms in total. The van der Waals surface area contributed by atoms with E-state index in [-0.39, 0.29) is 12.1 Å². The molecule has 2 aromatic carbocycles. The Hall–Kier alpha value is -2.82. The number of alkyl halides is 3. The van der Waals surface area contributed by atoms with E-state index in [1.807, 2.05) is 29.2 Å². The van der Waals surface area contributed by atoms with Gasteiger partial charge in [-0.05, 0) is 34.4 Å². The van der Waals surface area contributed by atoms with Crippen molar-refractivity contribution in [1.29, 1.82) is 0 Å². The Labute approximate surface area is 193 Å². The van der Waals surface area contributed by atoms with E-state index in [1.54, 1.807) is 0 Å². The van der Waals surface area contributed by atoms with Crippen LogP contribution in [0, 0.1) is 0 Å². The lowest BCUT2D eigenvalue weighted by Crippen LogP contribution is -2.46. The molecule has 1 fully saturated rings. The normalized spacial score (nSPS) is 17.6. The van der Waals surface area contributed by atoms with Gasteiger partial charge in [-0.1, -0.05) is 41.9 Å². The standard InChI is InChI=1S/C20H22ClN3O2.C2HF3O2/c21-18-5-3-15(4-6-18)19-13-24(7-8-26-19)20(25)23-10-14-1-2-16-11-22-12-17(16)9-14;3-2(4,5)1(6)7/h1-6,9,19,22H,7-8,10-13H2,(H,23,25);(H,6,7)/t19-;/m1./s1. The molecule has 4 rings (SSSR count). The predicted molar refractivity (Wildman–Crippen MR) is 115 cm³/mol. The van der Waals surface area contributed by atoms with Gasteiger partial charge in [0.05, 0.1) is 13.2 Å². The number of rotatable bonds is 3. The molecular formula is C22H23ClF3N3O4. The Morgan fingerprint density at radius 3 is 2.48 bits per heavy atom. The van der Waals surface area contributed by atoms with Crippen LogP contribution < -0.4 is 10.6 Å². The second kappa shape index (κ2) is 10.9. The highest BCUT2D eigenvalue weighted by molar-refractivity contribution is 6.30. The molecule has 0 aromatic heterocycles. The number of urea groups is 1. The Morgan fingerprint density at radius 2 is 1.82 bits per heavy atom. The average Bonchev–Trinajstić information content (AvgIpc) is 3.26. The molecule has 3 N–H and O–H groups in total. The molecule has 0 spiro atoms. The highest BCUT2D eigenvalue weighted by atomic mass is 35.5. The first-order valence-corrected chi connectivity index (χ1v) is 10.5. The fourth-order valence-corrected chi connectivity index (χ4v) is 3.59. The van der Waals surface area contributed by atoms with Crippen molar-refractivity contribution in [3.05, 3.63) is 69.7 Å². The summed E-state index contributed by atoms with van der Waals surface area (Å²) in [5.74, 6) is -2.76. The number of morpholine rings is 1. The third-order valence-corrected chi connectivity index (χ3v) is 5.44. The zero-order chi connectivity index (χ0) is 24.0. The van der Waals surface area contributed by atoms with Crippen LogP contribution in [0.3, 0.4) is 0 Å². The van der Waals surface area contributed by atoms with Crippen LogP contribution in [0.1, 0.15) is 28.4 Å². The summed E-state index contributed by atoms with van der Waals surface area (Å²) in [5, 5.41) is 14.2. The maximum absolute atomic E-state index is 12.6. The molecule has 2 heterocycles. The van der Waals surface area contributed by atoms with Crippen LogP contribution in [0.2, 0.25) is 5.02 Å². The zero-order valence-electron chi connectivity index (χ0n) is 17.5. The maximum Gasteiger partial charge on any atom is 0.490 e. The molecule has 0 radical (unpaired) electrons. The van der Waals surface area contributed by atoms with Crippen molar-refractivity contribution in [3.8, 4) is 0 Å². The molecule has 0 saturated carbocycles. The molecule has 0 unspecified atom stereocenters. The minimum absolute atomic E-state index is 0.0501. The monoisotopic (exact) mass is 485 g/mol. The third-order valence-electron chi connectivity index (χ3n) is 5.18. The van der Waals surface area contributed by atoms with Gasteiger partial charge in [-0.15, -0.1) is 0 Å². The van der Waals surface area contributed by atoms with Gasteiger partial charge in [0.25, 0.3) is 0 Å². The number of carbonyl (C=O) groups excluding carboxylic acids is 1. The minimum Gasteiger partial charge on any atom is -0.475 e. The first-order chi connectivity index (χ1) is 15.6. The minimum atomic E-state index is -5.08. The van der Waals surface area contributed by atoms with Crippen LogP contribution in [0.5, 0.6) is 0 Å². The molecule has 1 atom stereocenters. The molecule has 0 aliphatic carbocycles. The van der Waals surface area contributed by atoms with Gasteiger partial charge >= 0.3 is 18.2 Å². The lowest BCUT2D eigenvalue weighted by Gasteiger charge is -2.33. The first kappa shape index (κ1) is 24.8. The lowest BCUT2D eigenvalue weighted by atomic mass is 10.1. The summed E-state index contributed by atoms with van der Waals surface area (Å²) in [4.78, 5) is 23.3. The highest BCUT2D eigenvalue weighted by Gasteiger charge is 2.38. The van der Waals surface area contributed by atoms with Gasteiger partial charge < -0.3 is 25.4 Å². The molecule has 2 amide bonds. The summed E-state index contributed by atoms with van der Waals surface area (Å²) < 4.78 is 37.6. The van der Waals surface area contributed by atoms with Crippen molar-refractivity contribution in [2.24, 2.45) is 0 Å². The first-order valence-electron chi connectivity index (χ1n) is 10.1. The Morgan fingerprint density at radius 1 is 1.15 bits per heavy atom. The van der Waals surface area contributed by atoms with Crippen molar-refractivity contribution in [2.75, 3.05) is 19.7 Å². The maximum atomic E-state index is 12.6. The van der Waals surface area contributed by atoms with Gasteiger partial charge in [-0.2, -0.15) is 13.2 Å². The molecule has 178 valence electrons. The number of aliphatic carboxylic acids is 1. The Bertz CT molecular complexity index is 986. The summed E-state index contributed by atoms with van der Waals surface area (Å²) in [7, 11) is 0. The van der Waals surface area contributed by atoms with Crippen LogP contribution >= 0.6 is 11.6 Å². The van der Waals surface area contributed by atoms with E-state index in [0.29, 0.717) is 31.3 Å². The molecular weight excluding hydrogens is 463 g/mol. The van der Waals surface area contributed by atoms with E-state index in [1.165, 1.54) is 11.1 Å². The Balaban J connectivity index is 0.000000383. The van der Waals surface area contributed by atoms with Gasteiger partial charge in [-0.3, -0.25) is 0 Å². The number of ether oxygens (including phenoxy) is 1. The van der Waals surface area contributed by atoms with Gasteiger partial charge in [0.15, 0.2) is 0 Å². The van der Waals surface area contributed by atoms with Crippen molar-refractivity contribution >= 4 is 23.6 Å². The SMILES string of the molecule is O=C(NCc1ccc2c(c1)CNC2)N1CCO[C@@H](c2ccc(Cl)cc2)C1.O=C(O)C(F)(F)F. The highest BCUT2D eigenvalue weighted by Crippen LogP contribution is 2.24. The largest absolute Gasteiger partial charge is 0.490 e. The molecule has 2 aliphatic heterocycles. The average molecular weight is 486 g/mol. The van der Waals surface area contributed by atoms with E-state index in [4.69, 9.17) is 26.2 Å². The number of nitrogens with zero attached hydrogens (tertiary/aromatic N) is 1. The van der Waals surface area contributed by atoms with Crippen molar-refractivity contribution in [2.45, 2.75) is 31.9 Å². The number of carboxylic acid groups (broad SMARTS) is 1. The predicted octanol–water partition coefficient (Wildman–Crippen LogP) is 3.86. The molecule has 0 bridgehead atoms. The number of fused-ring (bicyclic) bond motifs is 1. The fraction of sp³-hybridized carbons (Fsp3) is 0.364. The van der Waals surface area contributed by atoms with Crippen LogP contribution in [0.4, 0.5) is 18.0 Å². The van der Waals surface area contributed by atoms with Crippen LogP contribution in [0.25, 0.3) is 0 Å². The summed E-state index contributed by atoms with van der Waals surface area (Å²) in [6, 6.07) is 13.9. The van der Waals surface area contributed by atoms with Crippen molar-refractivity contribution < 1.29 is 32.6 Å². The smallest absolute Gasteiger partial charge is 0.475 e. The van der Waals surface area contributed by atoms with E-state index >= 15 is 0 Å². The van der Waals surface area contributed by atoms with E-state index in [0.717, 1.165) is 24.2 Å². The number of nitrogens with one attached hydrogen (secondary N) is 2. The second-order valence-corrected chi connectivity index (χ2v) is 7.96. The Kier molecular flexibility index (Phi) is 8.17. The number of carbonyl (C=O) groups is 2. The number of hydrogen-bond acceptors (Lipinski definition) is 4. The summed E-state index contributed by atoms with van der Waals surface area (Å²) >= 11 is 5.95.